The van der Waals surface area contributed by atoms with Crippen LogP contribution < -0.4 is 15.0 Å². The van der Waals surface area contributed by atoms with E-state index in [1.165, 1.54) is 5.56 Å². The van der Waals surface area contributed by atoms with Gasteiger partial charge in [0.25, 0.3) is 5.91 Å². The molecule has 9 heterocycles. The molecule has 2 unspecified atom stereocenters. The maximum Gasteiger partial charge on any atom is 0.401 e. The van der Waals surface area contributed by atoms with Crippen LogP contribution in [0.15, 0.2) is 54.7 Å². The van der Waals surface area contributed by atoms with E-state index in [0.29, 0.717) is 43.2 Å². The number of nitrogens with one attached hydrogen (secondary N) is 2. The van der Waals surface area contributed by atoms with E-state index in [1.807, 2.05) is 55.6 Å². The van der Waals surface area contributed by atoms with E-state index < -0.39 is 30.7 Å². The molecular formula is C47H52F3N7O5. The molecule has 11 rings (SSSR count). The molecule has 4 fully saturated rings. The van der Waals surface area contributed by atoms with Crippen molar-refractivity contribution in [3.05, 3.63) is 88.4 Å². The molecule has 0 radical (unpaired) electrons. The highest BCUT2D eigenvalue weighted by Gasteiger charge is 2.49. The first-order chi connectivity index (χ1) is 29.9. The molecule has 7 aliphatic rings. The highest BCUT2D eigenvalue weighted by Crippen LogP contribution is 2.50. The minimum atomic E-state index is -4.34. The number of imide groups is 1. The number of hydrogen-bond donors (Lipinski definition) is 2. The normalized spacial score (nSPS) is 27.2. The van der Waals surface area contributed by atoms with Crippen molar-refractivity contribution in [3.63, 3.8) is 0 Å². The summed E-state index contributed by atoms with van der Waals surface area (Å²) in [5, 5.41) is 3.44. The largest absolute Gasteiger partial charge is 0.492 e. The van der Waals surface area contributed by atoms with Gasteiger partial charge in [-0.2, -0.15) is 13.2 Å². The number of amides is 3. The lowest BCUT2D eigenvalue weighted by molar-refractivity contribution is -0.155. The summed E-state index contributed by atoms with van der Waals surface area (Å²) >= 11 is 0. The number of piperidine rings is 3. The third-order valence-corrected chi connectivity index (χ3v) is 15.3. The number of anilines is 1. The van der Waals surface area contributed by atoms with Crippen molar-refractivity contribution in [1.82, 2.24) is 30.0 Å². The number of benzene rings is 2. The van der Waals surface area contributed by atoms with E-state index in [9.17, 15) is 27.6 Å². The van der Waals surface area contributed by atoms with E-state index in [0.717, 1.165) is 111 Å². The molecule has 4 saturated heterocycles. The number of alkyl halides is 3. The maximum atomic E-state index is 13.9. The van der Waals surface area contributed by atoms with Crippen LogP contribution in [-0.4, -0.2) is 119 Å². The number of carbonyl (C=O) groups is 3. The van der Waals surface area contributed by atoms with Crippen LogP contribution in [0, 0.1) is 5.92 Å². The van der Waals surface area contributed by atoms with Crippen LogP contribution in [-0.2, 0) is 32.7 Å². The van der Waals surface area contributed by atoms with Gasteiger partial charge < -0.3 is 29.2 Å². The van der Waals surface area contributed by atoms with Crippen LogP contribution >= 0.6 is 0 Å². The van der Waals surface area contributed by atoms with Crippen molar-refractivity contribution >= 4 is 34.3 Å². The number of aromatic nitrogens is 2. The number of H-pyrrole nitrogens is 1. The summed E-state index contributed by atoms with van der Waals surface area (Å²) in [6.07, 6.45) is 3.36. The fraction of sp³-hybridized carbons (Fsp3) is 0.532. The minimum Gasteiger partial charge on any atom is -0.492 e. The first-order valence-electron chi connectivity index (χ1n) is 22.3. The molecule has 0 bridgehead atoms. The van der Waals surface area contributed by atoms with Crippen molar-refractivity contribution in [3.8, 4) is 5.75 Å². The van der Waals surface area contributed by atoms with Crippen molar-refractivity contribution in [1.29, 1.82) is 0 Å². The number of fused-ring (bicyclic) bond motifs is 7. The summed E-state index contributed by atoms with van der Waals surface area (Å²) in [4.78, 5) is 54.1. The Morgan fingerprint density at radius 1 is 0.952 bits per heavy atom. The number of ether oxygens (including phenoxy) is 2. The topological polar surface area (TPSA) is 123 Å². The van der Waals surface area contributed by atoms with Crippen molar-refractivity contribution in [2.24, 2.45) is 5.92 Å². The highest BCUT2D eigenvalue weighted by molar-refractivity contribution is 6.05. The quantitative estimate of drug-likeness (QED) is 0.224. The second-order valence-corrected chi connectivity index (χ2v) is 19.0. The Labute approximate surface area is 358 Å². The second kappa shape index (κ2) is 14.8. The lowest BCUT2D eigenvalue weighted by Crippen LogP contribution is -2.52. The molecule has 0 aliphatic carbocycles. The zero-order valence-electron chi connectivity index (χ0n) is 34.9. The number of hydrogen-bond acceptors (Lipinski definition) is 9. The first-order valence-corrected chi connectivity index (χ1v) is 22.3. The summed E-state index contributed by atoms with van der Waals surface area (Å²) in [7, 11) is 0. The monoisotopic (exact) mass is 851 g/mol. The highest BCUT2D eigenvalue weighted by atomic mass is 19.4. The Hall–Kier alpha value is -4.99. The SMILES string of the molecule is C[C@@H]1Cc2c([nH]c3ccccc23)[C@@H](c2ccc(N3CCC4(CC3)CC(CN3CCC5(CC3)COc3c5ccc5c3CN(C3CCC(=O)NC3=O)C5=O)CO4)cn2)N1CC(F)(F)F. The van der Waals surface area contributed by atoms with Crippen LogP contribution in [0.25, 0.3) is 10.9 Å². The number of pyridine rings is 1. The van der Waals surface area contributed by atoms with Crippen LogP contribution in [0.4, 0.5) is 18.9 Å². The van der Waals surface area contributed by atoms with Gasteiger partial charge in [-0.25, -0.2) is 0 Å². The average Bonchev–Trinajstić information content (AvgIpc) is 4.01. The molecule has 2 aromatic heterocycles. The average molecular weight is 852 g/mol. The molecule has 7 aliphatic heterocycles. The Morgan fingerprint density at radius 2 is 1.76 bits per heavy atom. The Morgan fingerprint density at radius 3 is 2.52 bits per heavy atom. The number of carbonyl (C=O) groups excluding carboxylic acids is 3. The zero-order chi connectivity index (χ0) is 42.5. The minimum absolute atomic E-state index is 0.101. The number of nitrogens with zero attached hydrogens (tertiary/aromatic N) is 5. The molecular weight excluding hydrogens is 800 g/mol. The van der Waals surface area contributed by atoms with Gasteiger partial charge in [0, 0.05) is 70.8 Å². The maximum absolute atomic E-state index is 13.9. The van der Waals surface area contributed by atoms with Gasteiger partial charge in [0.15, 0.2) is 0 Å². The van der Waals surface area contributed by atoms with E-state index in [-0.39, 0.29) is 35.3 Å². The number of likely N-dealkylation sites (tertiary alicyclic amines) is 1. The molecule has 0 saturated carbocycles. The van der Waals surface area contributed by atoms with E-state index in [4.69, 9.17) is 14.5 Å². The number of aromatic amines is 1. The zero-order valence-corrected chi connectivity index (χ0v) is 34.9. The fourth-order valence-corrected chi connectivity index (χ4v) is 12.0. The summed E-state index contributed by atoms with van der Waals surface area (Å²) in [5.74, 6) is 0.367. The molecule has 2 spiro atoms. The van der Waals surface area contributed by atoms with E-state index in [1.54, 1.807) is 9.80 Å². The van der Waals surface area contributed by atoms with Crippen molar-refractivity contribution in [2.75, 3.05) is 57.4 Å². The third kappa shape index (κ3) is 6.77. The van der Waals surface area contributed by atoms with Gasteiger partial charge in [-0.05, 0) is 101 Å². The van der Waals surface area contributed by atoms with Crippen LogP contribution in [0.3, 0.4) is 0 Å². The molecule has 2 aromatic carbocycles. The standard InChI is InChI=1S/C47H52F3N7O5/c1-28-20-33-31-4-2-3-5-36(31)52-40(33)41(57(28)26-47(48,49)50)37-9-6-30(22-51-37)55-18-14-46(15-19-55)21-29(25-62-46)23-54-16-12-45(13-17-54)27-61-42-34-24-56(38-10-11-39(58)53-43(38)59)44(60)32(34)7-8-35(42)45/h2-9,22,28-29,38,41,52H,10-21,23-27H2,1H3,(H,53,58,59)/t28-,29?,38?,41-/m1/s1. The van der Waals surface area contributed by atoms with Crippen LogP contribution in [0.1, 0.15) is 96.3 Å². The molecule has 2 N–H and O–H groups in total. The summed E-state index contributed by atoms with van der Waals surface area (Å²) < 4.78 is 54.9. The molecule has 3 amide bonds. The molecule has 62 heavy (non-hydrogen) atoms. The number of para-hydroxylation sites is 1. The van der Waals surface area contributed by atoms with Gasteiger partial charge in [0.1, 0.15) is 11.8 Å². The van der Waals surface area contributed by atoms with Gasteiger partial charge in [-0.15, -0.1) is 0 Å². The third-order valence-electron chi connectivity index (χ3n) is 15.3. The lowest BCUT2D eigenvalue weighted by atomic mass is 9.73. The predicted molar refractivity (Wildman–Crippen MR) is 224 cm³/mol. The van der Waals surface area contributed by atoms with E-state index >= 15 is 0 Å². The number of rotatable bonds is 6. The van der Waals surface area contributed by atoms with Crippen LogP contribution in [0.2, 0.25) is 0 Å². The summed E-state index contributed by atoms with van der Waals surface area (Å²) in [6.45, 7) is 7.08. The summed E-state index contributed by atoms with van der Waals surface area (Å²) in [5.41, 5.74) is 6.76. The lowest BCUT2D eigenvalue weighted by Gasteiger charge is -2.41. The molecule has 4 atom stereocenters. The smallest absolute Gasteiger partial charge is 0.401 e. The molecule has 15 heteroatoms. The van der Waals surface area contributed by atoms with Crippen LogP contribution in [0.5, 0.6) is 5.75 Å². The van der Waals surface area contributed by atoms with Gasteiger partial charge in [0.2, 0.25) is 11.8 Å². The molecule has 326 valence electrons. The predicted octanol–water partition coefficient (Wildman–Crippen LogP) is 6.02. The van der Waals surface area contributed by atoms with Gasteiger partial charge >= 0.3 is 6.18 Å². The Kier molecular flexibility index (Phi) is 9.51. The molecule has 12 nitrogen and oxygen atoms in total. The van der Waals surface area contributed by atoms with E-state index in [2.05, 4.69) is 26.2 Å². The van der Waals surface area contributed by atoms with Gasteiger partial charge in [0.05, 0.1) is 55.5 Å². The Balaban J connectivity index is 0.703. The van der Waals surface area contributed by atoms with Crippen molar-refractivity contribution < 1.29 is 37.0 Å². The second-order valence-electron chi connectivity index (χ2n) is 19.0. The van der Waals surface area contributed by atoms with Gasteiger partial charge in [-0.3, -0.25) is 29.6 Å². The summed E-state index contributed by atoms with van der Waals surface area (Å²) in [6, 6.07) is 14.2. The van der Waals surface area contributed by atoms with Crippen molar-refractivity contribution in [2.45, 2.75) is 100 Å². The molecule has 4 aromatic rings. The fourth-order valence-electron chi connectivity index (χ4n) is 12.0. The first kappa shape index (κ1) is 39.8. The number of halogens is 3. The van der Waals surface area contributed by atoms with Gasteiger partial charge in [-0.1, -0.05) is 24.3 Å². The Bertz CT molecular complexity index is 2440.